The Kier molecular flexibility index (Phi) is 15.2. The fourth-order valence-electron chi connectivity index (χ4n) is 6.23. The van der Waals surface area contributed by atoms with Crippen LogP contribution in [0.3, 0.4) is 0 Å². The van der Waals surface area contributed by atoms with E-state index in [1.54, 1.807) is 0 Å². The van der Waals surface area contributed by atoms with Gasteiger partial charge < -0.3 is 19.8 Å². The second-order valence-corrected chi connectivity index (χ2v) is 13.2. The lowest BCUT2D eigenvalue weighted by Gasteiger charge is -2.21. The summed E-state index contributed by atoms with van der Waals surface area (Å²) >= 11 is 0. The van der Waals surface area contributed by atoms with Crippen molar-refractivity contribution in [1.82, 2.24) is 19.7 Å². The Hall–Kier alpha value is -3.41. The van der Waals surface area contributed by atoms with Gasteiger partial charge in [-0.1, -0.05) is 81.4 Å². The molecule has 4 heterocycles. The molecule has 0 radical (unpaired) electrons. The zero-order valence-corrected chi connectivity index (χ0v) is 28.0. The standard InChI is InChI=1S/C27H39NO2.C12H13N3O2.Al.3H/c29-26(30)22-15-13-11-9-7-5-3-1-2-4-6-8-10-12-14-18-24-19-16-20-25-21-17-23-28-27(24)25;16-9-7-8(13-1-2-13)12(17)11(15-5-6-15)10(9)14-3-4-14;;;;/h1,3,16-17,19-21,23H,2,4-15,18,22H2,(H,29,30);7H,1-6H2;;;;/b3-1-;;;;;. The molecular weight excluding hydrogens is 615 g/mol. The molecule has 6 rings (SSSR count). The number of pyridine rings is 1. The summed E-state index contributed by atoms with van der Waals surface area (Å²) in [7, 11) is 0. The number of unbranched alkanes of at least 4 members (excludes halogenated alkanes) is 11. The van der Waals surface area contributed by atoms with Crippen molar-refractivity contribution in [2.45, 2.75) is 96.3 Å². The molecule has 0 atom stereocenters. The van der Waals surface area contributed by atoms with Crippen LogP contribution in [0.15, 0.2) is 71.8 Å². The SMILES string of the molecule is O=C(O)CCCCCCC/C=C\CCCCCCCCc1cccc2cccnc12.O=C1C=C(N2CC2)C(=O)C(N2CC2)=C1N1CC1.[AlH3]. The minimum absolute atomic E-state index is 0. The highest BCUT2D eigenvalue weighted by Gasteiger charge is 2.43. The van der Waals surface area contributed by atoms with Crippen LogP contribution < -0.4 is 0 Å². The lowest BCUT2D eigenvalue weighted by atomic mass is 10.0. The number of aromatic nitrogens is 1. The van der Waals surface area contributed by atoms with Crippen molar-refractivity contribution in [3.8, 4) is 0 Å². The smallest absolute Gasteiger partial charge is 0.303 e. The number of para-hydroxylation sites is 1. The first-order chi connectivity index (χ1) is 23.0. The van der Waals surface area contributed by atoms with E-state index in [1.807, 2.05) is 27.0 Å². The van der Waals surface area contributed by atoms with Crippen molar-refractivity contribution < 1.29 is 19.5 Å². The monoisotopic (exact) mass is 670 g/mol. The van der Waals surface area contributed by atoms with Crippen LogP contribution >= 0.6 is 0 Å². The summed E-state index contributed by atoms with van der Waals surface area (Å²) in [5.74, 6) is -0.621. The lowest BCUT2D eigenvalue weighted by molar-refractivity contribution is -0.137. The first-order valence-electron chi connectivity index (χ1n) is 18.0. The lowest BCUT2D eigenvalue weighted by Crippen LogP contribution is -2.29. The quantitative estimate of drug-likeness (QED) is 0.0615. The predicted molar refractivity (Wildman–Crippen MR) is 197 cm³/mol. The number of allylic oxidation sites excluding steroid dienone is 3. The molecule has 48 heavy (non-hydrogen) atoms. The van der Waals surface area contributed by atoms with Crippen molar-refractivity contribution in [3.05, 3.63) is 77.4 Å². The van der Waals surface area contributed by atoms with E-state index in [4.69, 9.17) is 5.11 Å². The number of hydrogen-bond donors (Lipinski definition) is 1. The van der Waals surface area contributed by atoms with Gasteiger partial charge in [-0.25, -0.2) is 0 Å². The van der Waals surface area contributed by atoms with E-state index in [9.17, 15) is 14.4 Å². The van der Waals surface area contributed by atoms with Gasteiger partial charge in [0.1, 0.15) is 11.4 Å². The topological polar surface area (TPSA) is 93.4 Å². The molecule has 0 saturated carbocycles. The van der Waals surface area contributed by atoms with Gasteiger partial charge in [0.05, 0.1) is 11.2 Å². The number of carbonyl (C=O) groups excluding carboxylic acids is 2. The summed E-state index contributed by atoms with van der Waals surface area (Å²) in [5, 5.41) is 9.84. The van der Waals surface area contributed by atoms with Gasteiger partial charge >= 0.3 is 5.97 Å². The highest BCUT2D eigenvalue weighted by molar-refractivity contribution is 6.22. The number of hydrogen-bond acceptors (Lipinski definition) is 7. The molecule has 3 saturated heterocycles. The molecule has 9 heteroatoms. The van der Waals surface area contributed by atoms with Gasteiger partial charge in [0.15, 0.2) is 17.4 Å². The number of aliphatic carboxylic acids is 1. The van der Waals surface area contributed by atoms with Crippen LogP contribution in [-0.2, 0) is 20.8 Å². The summed E-state index contributed by atoms with van der Waals surface area (Å²) in [4.78, 5) is 45.5. The van der Waals surface area contributed by atoms with E-state index < -0.39 is 5.97 Å². The molecule has 0 amide bonds. The number of aryl methyl sites for hydroxylation is 1. The largest absolute Gasteiger partial charge is 0.481 e. The average Bonchev–Trinajstić information content (AvgIpc) is 3.91. The second-order valence-electron chi connectivity index (χ2n) is 13.2. The molecule has 4 aliphatic rings. The highest BCUT2D eigenvalue weighted by Crippen LogP contribution is 2.34. The van der Waals surface area contributed by atoms with E-state index >= 15 is 0 Å². The van der Waals surface area contributed by atoms with E-state index in [2.05, 4.69) is 41.4 Å². The first-order valence-corrected chi connectivity index (χ1v) is 18.0. The van der Waals surface area contributed by atoms with Crippen LogP contribution in [-0.4, -0.2) is 99.0 Å². The molecule has 0 unspecified atom stereocenters. The van der Waals surface area contributed by atoms with Crippen molar-refractivity contribution in [2.24, 2.45) is 0 Å². The van der Waals surface area contributed by atoms with Crippen molar-refractivity contribution in [1.29, 1.82) is 0 Å². The summed E-state index contributed by atoms with van der Waals surface area (Å²) in [6.07, 6.45) is 25.3. The number of rotatable bonds is 20. The Morgan fingerprint density at radius 2 is 1.27 bits per heavy atom. The van der Waals surface area contributed by atoms with E-state index in [1.165, 1.54) is 86.8 Å². The Balaban J connectivity index is 0.000000241. The molecule has 1 aliphatic carbocycles. The molecule has 1 aromatic carbocycles. The number of Topliss-reactive ketones (excluding diaryl/α,β-unsaturated/α-hetero) is 1. The van der Waals surface area contributed by atoms with Gasteiger partial charge in [-0.3, -0.25) is 19.4 Å². The van der Waals surface area contributed by atoms with E-state index in [0.717, 1.165) is 65.0 Å². The molecule has 258 valence electrons. The highest BCUT2D eigenvalue weighted by atomic mass is 27.0. The number of carboxylic acids is 1. The minimum Gasteiger partial charge on any atom is -0.481 e. The van der Waals surface area contributed by atoms with Crippen molar-refractivity contribution in [2.75, 3.05) is 39.3 Å². The van der Waals surface area contributed by atoms with E-state index in [-0.39, 0.29) is 28.9 Å². The fourth-order valence-corrected chi connectivity index (χ4v) is 6.23. The predicted octanol–water partition coefficient (Wildman–Crippen LogP) is 5.88. The fraction of sp³-hybridized carbons (Fsp3) is 0.538. The number of nitrogens with zero attached hydrogens (tertiary/aromatic N) is 4. The van der Waals surface area contributed by atoms with Crippen LogP contribution in [0.2, 0.25) is 0 Å². The van der Waals surface area contributed by atoms with Gasteiger partial charge in [-0.2, -0.15) is 0 Å². The number of carboxylic acid groups (broad SMARTS) is 1. The summed E-state index contributed by atoms with van der Waals surface area (Å²) in [5.41, 5.74) is 4.45. The normalized spacial score (nSPS) is 16.6. The van der Waals surface area contributed by atoms with Gasteiger partial charge in [0.2, 0.25) is 11.6 Å². The Labute approximate surface area is 297 Å². The molecular formula is C39H55AlN4O4. The molecule has 0 bridgehead atoms. The summed E-state index contributed by atoms with van der Waals surface area (Å²) in [6.45, 7) is 5.41. The third-order valence-corrected chi connectivity index (χ3v) is 9.20. The third-order valence-electron chi connectivity index (χ3n) is 9.20. The Morgan fingerprint density at radius 1 is 0.708 bits per heavy atom. The Bertz CT molecular complexity index is 1470. The molecule has 2 aromatic rings. The van der Waals surface area contributed by atoms with Crippen molar-refractivity contribution >= 4 is 45.8 Å². The van der Waals surface area contributed by atoms with Gasteiger partial charge in [0, 0.05) is 63.3 Å². The van der Waals surface area contributed by atoms with Gasteiger partial charge in [-0.05, 0) is 56.6 Å². The number of carbonyl (C=O) groups is 3. The van der Waals surface area contributed by atoms with Crippen LogP contribution in [0.1, 0.15) is 95.5 Å². The van der Waals surface area contributed by atoms with Crippen LogP contribution in [0.5, 0.6) is 0 Å². The number of benzene rings is 1. The maximum absolute atomic E-state index is 12.4. The van der Waals surface area contributed by atoms with Crippen LogP contribution in [0.25, 0.3) is 10.9 Å². The maximum Gasteiger partial charge on any atom is 0.303 e. The number of fused-ring (bicyclic) bond motifs is 1. The maximum atomic E-state index is 12.4. The molecule has 3 aliphatic heterocycles. The van der Waals surface area contributed by atoms with Gasteiger partial charge in [-0.15, -0.1) is 0 Å². The minimum atomic E-state index is -0.670. The van der Waals surface area contributed by atoms with Gasteiger partial charge in [0.25, 0.3) is 0 Å². The molecule has 3 fully saturated rings. The molecule has 1 aromatic heterocycles. The van der Waals surface area contributed by atoms with Crippen LogP contribution in [0.4, 0.5) is 0 Å². The summed E-state index contributed by atoms with van der Waals surface area (Å²) in [6, 6.07) is 10.7. The zero-order chi connectivity index (χ0) is 32.8. The molecule has 0 spiro atoms. The average molecular weight is 671 g/mol. The molecule has 8 nitrogen and oxygen atoms in total. The Morgan fingerprint density at radius 3 is 1.90 bits per heavy atom. The third kappa shape index (κ3) is 11.9. The molecule has 1 N–H and O–H groups in total. The summed E-state index contributed by atoms with van der Waals surface area (Å²) < 4.78 is 0. The van der Waals surface area contributed by atoms with Crippen molar-refractivity contribution in [3.63, 3.8) is 0 Å². The second kappa shape index (κ2) is 19.6. The first kappa shape index (κ1) is 37.4. The number of ketones is 2. The van der Waals surface area contributed by atoms with E-state index in [0.29, 0.717) is 23.5 Å². The van der Waals surface area contributed by atoms with Crippen LogP contribution in [0, 0.1) is 0 Å². The zero-order valence-electron chi connectivity index (χ0n) is 28.0.